The van der Waals surface area contributed by atoms with Gasteiger partial charge in [0.15, 0.2) is 16.3 Å². The summed E-state index contributed by atoms with van der Waals surface area (Å²) in [4.78, 5) is 2.04. The second-order valence-electron chi connectivity index (χ2n) is 5.26. The molecule has 1 heterocycles. The second-order valence-corrected chi connectivity index (χ2v) is 6.34. The summed E-state index contributed by atoms with van der Waals surface area (Å²) in [6.07, 6.45) is 4.71. The maximum Gasteiger partial charge on any atom is 0.182 e. The van der Waals surface area contributed by atoms with Crippen LogP contribution < -0.4 is 14.3 Å². The molecule has 0 spiro atoms. The Morgan fingerprint density at radius 1 is 1.14 bits per heavy atom. The van der Waals surface area contributed by atoms with Gasteiger partial charge in [-0.2, -0.15) is 0 Å². The monoisotopic (exact) mass is 384 g/mol. The van der Waals surface area contributed by atoms with Crippen molar-refractivity contribution < 1.29 is 9.47 Å². The number of rotatable bonds is 4. The number of methoxy groups -OCH3 is 2. The van der Waals surface area contributed by atoms with Gasteiger partial charge in [0.25, 0.3) is 0 Å². The largest absolute Gasteiger partial charge is 0.493 e. The Bertz CT molecular complexity index is 709. The normalized spacial score (nSPS) is 13.2. The Hall–Kier alpha value is -1.27. The van der Waals surface area contributed by atoms with Gasteiger partial charge in [0, 0.05) is 10.6 Å². The summed E-state index contributed by atoms with van der Waals surface area (Å²) in [5.41, 5.74) is 2.49. The Kier molecular flexibility index (Phi) is 5.69. The van der Waals surface area contributed by atoms with Crippen LogP contribution in [0.2, 0.25) is 0 Å². The standard InChI is InChI=1S/C16H20N2O2S.BrH/c1-19-13-8-7-11(9-14(13)20-2)10-18-12-5-3-4-6-15(12)21-16(18)17;/h7-9,17H,3-6,10H2,1-2H3;1H. The van der Waals surface area contributed by atoms with Crippen LogP contribution >= 0.6 is 28.3 Å². The van der Waals surface area contributed by atoms with Crippen molar-refractivity contribution in [1.29, 1.82) is 5.41 Å². The molecule has 0 amide bonds. The lowest BCUT2D eigenvalue weighted by atomic mass is 10.0. The fraction of sp³-hybridized carbons (Fsp3) is 0.438. The molecule has 120 valence electrons. The Labute approximate surface area is 145 Å². The van der Waals surface area contributed by atoms with Crippen molar-refractivity contribution in [2.75, 3.05) is 14.2 Å². The first kappa shape index (κ1) is 17.1. The minimum absolute atomic E-state index is 0. The highest BCUT2D eigenvalue weighted by molar-refractivity contribution is 8.93. The van der Waals surface area contributed by atoms with Gasteiger partial charge < -0.3 is 14.0 Å². The molecule has 0 atom stereocenters. The van der Waals surface area contributed by atoms with E-state index in [2.05, 4.69) is 4.57 Å². The van der Waals surface area contributed by atoms with Crippen LogP contribution in [0.4, 0.5) is 0 Å². The van der Waals surface area contributed by atoms with E-state index in [0.717, 1.165) is 36.4 Å². The van der Waals surface area contributed by atoms with E-state index in [0.29, 0.717) is 4.80 Å². The van der Waals surface area contributed by atoms with Gasteiger partial charge in [-0.1, -0.05) is 6.07 Å². The molecule has 0 unspecified atom stereocenters. The lowest BCUT2D eigenvalue weighted by molar-refractivity contribution is 0.354. The number of nitrogens with zero attached hydrogens (tertiary/aromatic N) is 1. The van der Waals surface area contributed by atoms with Crippen LogP contribution in [0.3, 0.4) is 0 Å². The van der Waals surface area contributed by atoms with E-state index >= 15 is 0 Å². The van der Waals surface area contributed by atoms with E-state index in [1.165, 1.54) is 23.4 Å². The zero-order valence-corrected chi connectivity index (χ0v) is 15.4. The minimum Gasteiger partial charge on any atom is -0.493 e. The molecule has 3 rings (SSSR count). The van der Waals surface area contributed by atoms with Gasteiger partial charge in [-0.3, -0.25) is 5.41 Å². The zero-order chi connectivity index (χ0) is 14.8. The van der Waals surface area contributed by atoms with Crippen LogP contribution in [0.1, 0.15) is 29.0 Å². The molecule has 1 N–H and O–H groups in total. The predicted molar refractivity (Wildman–Crippen MR) is 93.8 cm³/mol. The molecule has 6 heteroatoms. The van der Waals surface area contributed by atoms with Crippen molar-refractivity contribution in [3.8, 4) is 11.5 Å². The maximum atomic E-state index is 8.22. The number of fused-ring (bicyclic) bond motifs is 1. The third-order valence-electron chi connectivity index (χ3n) is 3.97. The number of aromatic nitrogens is 1. The van der Waals surface area contributed by atoms with Crippen LogP contribution in [0.15, 0.2) is 18.2 Å². The van der Waals surface area contributed by atoms with Crippen LogP contribution in [0.25, 0.3) is 0 Å². The number of hydrogen-bond acceptors (Lipinski definition) is 4. The lowest BCUT2D eigenvalue weighted by Gasteiger charge is -2.15. The molecule has 4 nitrogen and oxygen atoms in total. The molecule has 0 bridgehead atoms. The summed E-state index contributed by atoms with van der Waals surface area (Å²) < 4.78 is 12.8. The molecule has 0 radical (unpaired) electrons. The average molecular weight is 385 g/mol. The summed E-state index contributed by atoms with van der Waals surface area (Å²) in [5, 5.41) is 8.22. The number of hydrogen-bond donors (Lipinski definition) is 1. The molecule has 0 aliphatic heterocycles. The molecule has 0 fully saturated rings. The predicted octanol–water partition coefficient (Wildman–Crippen LogP) is 3.55. The third-order valence-corrected chi connectivity index (χ3v) is 5.07. The quantitative estimate of drug-likeness (QED) is 0.875. The number of halogens is 1. The van der Waals surface area contributed by atoms with Gasteiger partial charge in [0.1, 0.15) is 0 Å². The molecule has 22 heavy (non-hydrogen) atoms. The fourth-order valence-corrected chi connectivity index (χ4v) is 3.98. The lowest BCUT2D eigenvalue weighted by Crippen LogP contribution is -2.18. The van der Waals surface area contributed by atoms with E-state index in [4.69, 9.17) is 14.9 Å². The first-order valence-corrected chi connectivity index (χ1v) is 8.01. The summed E-state index contributed by atoms with van der Waals surface area (Å²) >= 11 is 1.63. The highest BCUT2D eigenvalue weighted by atomic mass is 79.9. The second kappa shape index (κ2) is 7.33. The molecule has 1 aliphatic carbocycles. The molecule has 2 aromatic rings. The SMILES string of the molecule is Br.COc1ccc(Cn2c3c(sc2=N)CCCC3)cc1OC. The van der Waals surface area contributed by atoms with Gasteiger partial charge in [0.2, 0.25) is 0 Å². The molecule has 0 saturated carbocycles. The van der Waals surface area contributed by atoms with Crippen molar-refractivity contribution in [2.45, 2.75) is 32.2 Å². The maximum absolute atomic E-state index is 8.22. The van der Waals surface area contributed by atoms with Gasteiger partial charge in [-0.25, -0.2) is 0 Å². The highest BCUT2D eigenvalue weighted by Crippen LogP contribution is 2.29. The van der Waals surface area contributed by atoms with Crippen LogP contribution in [-0.4, -0.2) is 18.8 Å². The van der Waals surface area contributed by atoms with E-state index in [-0.39, 0.29) is 17.0 Å². The van der Waals surface area contributed by atoms with Gasteiger partial charge >= 0.3 is 0 Å². The van der Waals surface area contributed by atoms with Crippen LogP contribution in [0, 0.1) is 5.41 Å². The zero-order valence-electron chi connectivity index (χ0n) is 12.8. The van der Waals surface area contributed by atoms with E-state index in [9.17, 15) is 0 Å². The topological polar surface area (TPSA) is 47.2 Å². The average Bonchev–Trinajstić information content (AvgIpc) is 2.83. The summed E-state index contributed by atoms with van der Waals surface area (Å²) in [6.45, 7) is 0.727. The molecular formula is C16H21BrN2O2S. The summed E-state index contributed by atoms with van der Waals surface area (Å²) in [6, 6.07) is 5.97. The number of aryl methyl sites for hydroxylation is 1. The molecule has 0 saturated heterocycles. The first-order chi connectivity index (χ1) is 10.2. The number of thiazole rings is 1. The van der Waals surface area contributed by atoms with Crippen LogP contribution in [0.5, 0.6) is 11.5 Å². The molecule has 1 aliphatic rings. The summed E-state index contributed by atoms with van der Waals surface area (Å²) in [5.74, 6) is 1.48. The van der Waals surface area contributed by atoms with Crippen molar-refractivity contribution in [3.63, 3.8) is 0 Å². The molecular weight excluding hydrogens is 364 g/mol. The van der Waals surface area contributed by atoms with E-state index in [1.54, 1.807) is 25.6 Å². The van der Waals surface area contributed by atoms with Crippen molar-refractivity contribution in [1.82, 2.24) is 4.57 Å². The van der Waals surface area contributed by atoms with E-state index in [1.807, 2.05) is 18.2 Å². The highest BCUT2D eigenvalue weighted by Gasteiger charge is 2.17. The molecule has 1 aromatic carbocycles. The summed E-state index contributed by atoms with van der Waals surface area (Å²) in [7, 11) is 3.29. The van der Waals surface area contributed by atoms with Crippen molar-refractivity contribution in [2.24, 2.45) is 0 Å². The van der Waals surface area contributed by atoms with Gasteiger partial charge in [0.05, 0.1) is 20.8 Å². The minimum atomic E-state index is 0. The Morgan fingerprint density at radius 3 is 2.59 bits per heavy atom. The smallest absolute Gasteiger partial charge is 0.182 e. The number of nitrogens with one attached hydrogen (secondary N) is 1. The fourth-order valence-electron chi connectivity index (χ4n) is 2.88. The molecule has 1 aromatic heterocycles. The number of ether oxygens (including phenoxy) is 2. The van der Waals surface area contributed by atoms with Gasteiger partial charge in [-0.15, -0.1) is 28.3 Å². The van der Waals surface area contributed by atoms with Crippen LogP contribution in [-0.2, 0) is 19.4 Å². The first-order valence-electron chi connectivity index (χ1n) is 7.20. The van der Waals surface area contributed by atoms with E-state index < -0.39 is 0 Å². The van der Waals surface area contributed by atoms with Gasteiger partial charge in [-0.05, 0) is 43.4 Å². The Balaban J connectivity index is 0.00000176. The Morgan fingerprint density at radius 2 is 1.86 bits per heavy atom. The van der Waals surface area contributed by atoms with Crippen molar-refractivity contribution >= 4 is 28.3 Å². The van der Waals surface area contributed by atoms with Crippen molar-refractivity contribution in [3.05, 3.63) is 39.1 Å². The number of benzene rings is 1. The third kappa shape index (κ3) is 3.22.